The van der Waals surface area contributed by atoms with E-state index in [1.807, 2.05) is 0 Å². The standard InChI is InChI=1S/C19H31N3/c1-2-21-12-8-18(9-13-21)20-19-10-14-22(15-11-19)16-17-6-4-3-5-7-17/h3-7,18-20H,2,8-16H2,1H3. The van der Waals surface area contributed by atoms with Gasteiger partial charge in [-0.1, -0.05) is 37.3 Å². The van der Waals surface area contributed by atoms with Crippen LogP contribution in [-0.2, 0) is 6.54 Å². The zero-order valence-electron chi connectivity index (χ0n) is 14.0. The van der Waals surface area contributed by atoms with Gasteiger partial charge >= 0.3 is 0 Å². The summed E-state index contributed by atoms with van der Waals surface area (Å²) in [5.41, 5.74) is 1.45. The monoisotopic (exact) mass is 301 g/mol. The van der Waals surface area contributed by atoms with Crippen molar-refractivity contribution in [3.8, 4) is 0 Å². The van der Waals surface area contributed by atoms with Crippen LogP contribution in [0.1, 0.15) is 38.2 Å². The third-order valence-corrected chi connectivity index (χ3v) is 5.34. The number of likely N-dealkylation sites (tertiary alicyclic amines) is 2. The van der Waals surface area contributed by atoms with E-state index in [1.165, 1.54) is 64.0 Å². The van der Waals surface area contributed by atoms with Crippen LogP contribution in [0.25, 0.3) is 0 Å². The molecule has 1 N–H and O–H groups in total. The number of rotatable bonds is 5. The Balaban J connectivity index is 1.37. The maximum absolute atomic E-state index is 3.93. The van der Waals surface area contributed by atoms with Crippen LogP contribution in [0.4, 0.5) is 0 Å². The summed E-state index contributed by atoms with van der Waals surface area (Å²) < 4.78 is 0. The van der Waals surface area contributed by atoms with E-state index >= 15 is 0 Å². The molecule has 3 nitrogen and oxygen atoms in total. The average molecular weight is 301 g/mol. The van der Waals surface area contributed by atoms with E-state index in [0.717, 1.165) is 18.6 Å². The second-order valence-electron chi connectivity index (χ2n) is 6.91. The Morgan fingerprint density at radius 3 is 1.95 bits per heavy atom. The Kier molecular flexibility index (Phi) is 5.88. The molecule has 0 radical (unpaired) electrons. The molecule has 2 saturated heterocycles. The highest BCUT2D eigenvalue weighted by Gasteiger charge is 2.24. The Bertz CT molecular complexity index is 418. The third kappa shape index (κ3) is 4.55. The van der Waals surface area contributed by atoms with Crippen molar-refractivity contribution >= 4 is 0 Å². The fraction of sp³-hybridized carbons (Fsp3) is 0.684. The minimum atomic E-state index is 0.741. The average Bonchev–Trinajstić information content (AvgIpc) is 2.58. The highest BCUT2D eigenvalue weighted by Crippen LogP contribution is 2.17. The summed E-state index contributed by atoms with van der Waals surface area (Å²) in [5.74, 6) is 0. The van der Waals surface area contributed by atoms with Gasteiger partial charge in [0.1, 0.15) is 0 Å². The Labute approximate surface area is 135 Å². The maximum atomic E-state index is 3.93. The molecular formula is C19H31N3. The van der Waals surface area contributed by atoms with Crippen molar-refractivity contribution in [2.24, 2.45) is 0 Å². The minimum absolute atomic E-state index is 0.741. The summed E-state index contributed by atoms with van der Waals surface area (Å²) in [4.78, 5) is 5.17. The largest absolute Gasteiger partial charge is 0.311 e. The Morgan fingerprint density at radius 2 is 1.41 bits per heavy atom. The molecule has 0 spiro atoms. The second-order valence-corrected chi connectivity index (χ2v) is 6.91. The molecule has 0 saturated carbocycles. The van der Waals surface area contributed by atoms with E-state index < -0.39 is 0 Å². The van der Waals surface area contributed by atoms with E-state index in [1.54, 1.807) is 0 Å². The smallest absolute Gasteiger partial charge is 0.0233 e. The van der Waals surface area contributed by atoms with Gasteiger partial charge in [0, 0.05) is 18.6 Å². The highest BCUT2D eigenvalue weighted by atomic mass is 15.2. The van der Waals surface area contributed by atoms with Gasteiger partial charge in [-0.15, -0.1) is 0 Å². The lowest BCUT2D eigenvalue weighted by Gasteiger charge is -2.37. The van der Waals surface area contributed by atoms with Gasteiger partial charge in [0.25, 0.3) is 0 Å². The number of piperidine rings is 2. The first-order valence-electron chi connectivity index (χ1n) is 9.08. The summed E-state index contributed by atoms with van der Waals surface area (Å²) in [6.45, 7) is 9.63. The molecule has 0 aliphatic carbocycles. The van der Waals surface area contributed by atoms with E-state index in [0.29, 0.717) is 0 Å². The molecule has 0 aromatic heterocycles. The van der Waals surface area contributed by atoms with Gasteiger partial charge in [-0.05, 0) is 64.0 Å². The number of hydrogen-bond donors (Lipinski definition) is 1. The summed E-state index contributed by atoms with van der Waals surface area (Å²) in [5, 5.41) is 3.93. The Hall–Kier alpha value is -0.900. The van der Waals surface area contributed by atoms with Crippen molar-refractivity contribution < 1.29 is 0 Å². The first-order chi connectivity index (χ1) is 10.8. The van der Waals surface area contributed by atoms with E-state index in [-0.39, 0.29) is 0 Å². The molecule has 22 heavy (non-hydrogen) atoms. The molecular weight excluding hydrogens is 270 g/mol. The van der Waals surface area contributed by atoms with Crippen molar-refractivity contribution in [2.45, 2.75) is 51.2 Å². The number of benzene rings is 1. The summed E-state index contributed by atoms with van der Waals surface area (Å²) in [6.07, 6.45) is 5.28. The van der Waals surface area contributed by atoms with Crippen LogP contribution >= 0.6 is 0 Å². The van der Waals surface area contributed by atoms with Gasteiger partial charge in [-0.25, -0.2) is 0 Å². The zero-order chi connectivity index (χ0) is 15.2. The van der Waals surface area contributed by atoms with Gasteiger partial charge in [-0.2, -0.15) is 0 Å². The summed E-state index contributed by atoms with van der Waals surface area (Å²) in [6, 6.07) is 12.4. The van der Waals surface area contributed by atoms with Crippen LogP contribution < -0.4 is 5.32 Å². The Morgan fingerprint density at radius 1 is 0.864 bits per heavy atom. The molecule has 2 aliphatic heterocycles. The lowest BCUT2D eigenvalue weighted by atomic mass is 9.99. The maximum Gasteiger partial charge on any atom is 0.0233 e. The van der Waals surface area contributed by atoms with Crippen molar-refractivity contribution in [3.63, 3.8) is 0 Å². The van der Waals surface area contributed by atoms with Gasteiger partial charge in [0.05, 0.1) is 0 Å². The van der Waals surface area contributed by atoms with Crippen LogP contribution in [0.3, 0.4) is 0 Å². The van der Waals surface area contributed by atoms with Crippen LogP contribution in [0, 0.1) is 0 Å². The molecule has 1 aromatic carbocycles. The van der Waals surface area contributed by atoms with Gasteiger partial charge in [0.2, 0.25) is 0 Å². The molecule has 3 heteroatoms. The normalized spacial score (nSPS) is 23.0. The first kappa shape index (κ1) is 16.0. The predicted octanol–water partition coefficient (Wildman–Crippen LogP) is 2.72. The lowest BCUT2D eigenvalue weighted by Crippen LogP contribution is -2.49. The van der Waals surface area contributed by atoms with E-state index in [4.69, 9.17) is 0 Å². The van der Waals surface area contributed by atoms with Crippen LogP contribution in [-0.4, -0.2) is 54.6 Å². The molecule has 122 valence electrons. The molecule has 2 aliphatic rings. The van der Waals surface area contributed by atoms with Gasteiger partial charge in [-0.3, -0.25) is 4.90 Å². The summed E-state index contributed by atoms with van der Waals surface area (Å²) >= 11 is 0. The second kappa shape index (κ2) is 8.09. The molecule has 3 rings (SSSR count). The van der Waals surface area contributed by atoms with Crippen LogP contribution in [0.15, 0.2) is 30.3 Å². The fourth-order valence-corrected chi connectivity index (χ4v) is 3.85. The molecule has 2 heterocycles. The quantitative estimate of drug-likeness (QED) is 0.902. The number of hydrogen-bond acceptors (Lipinski definition) is 3. The van der Waals surface area contributed by atoms with E-state index in [2.05, 4.69) is 52.4 Å². The molecule has 0 atom stereocenters. The van der Waals surface area contributed by atoms with Gasteiger partial charge in [0.15, 0.2) is 0 Å². The molecule has 0 unspecified atom stereocenters. The molecule has 1 aromatic rings. The zero-order valence-corrected chi connectivity index (χ0v) is 14.0. The topological polar surface area (TPSA) is 18.5 Å². The lowest BCUT2D eigenvalue weighted by molar-refractivity contribution is 0.158. The highest BCUT2D eigenvalue weighted by molar-refractivity contribution is 5.14. The van der Waals surface area contributed by atoms with Crippen molar-refractivity contribution in [3.05, 3.63) is 35.9 Å². The van der Waals surface area contributed by atoms with Gasteiger partial charge < -0.3 is 10.2 Å². The van der Waals surface area contributed by atoms with Crippen LogP contribution in [0.5, 0.6) is 0 Å². The SMILES string of the molecule is CCN1CCC(NC2CCN(Cc3ccccc3)CC2)CC1. The number of nitrogens with zero attached hydrogens (tertiary/aromatic N) is 2. The van der Waals surface area contributed by atoms with E-state index in [9.17, 15) is 0 Å². The summed E-state index contributed by atoms with van der Waals surface area (Å²) in [7, 11) is 0. The fourth-order valence-electron chi connectivity index (χ4n) is 3.85. The van der Waals surface area contributed by atoms with Crippen molar-refractivity contribution in [2.75, 3.05) is 32.7 Å². The third-order valence-electron chi connectivity index (χ3n) is 5.34. The molecule has 0 amide bonds. The van der Waals surface area contributed by atoms with Crippen molar-refractivity contribution in [1.29, 1.82) is 0 Å². The van der Waals surface area contributed by atoms with Crippen LogP contribution in [0.2, 0.25) is 0 Å². The molecule has 2 fully saturated rings. The predicted molar refractivity (Wildman–Crippen MR) is 93.0 cm³/mol. The molecule has 0 bridgehead atoms. The first-order valence-corrected chi connectivity index (χ1v) is 9.08. The van der Waals surface area contributed by atoms with Crippen molar-refractivity contribution in [1.82, 2.24) is 15.1 Å². The number of nitrogens with one attached hydrogen (secondary N) is 1. The minimum Gasteiger partial charge on any atom is -0.311 e.